The molecule has 1 aromatic heterocycles. The molecular weight excluding hydrogens is 208 g/mol. The predicted molar refractivity (Wildman–Crippen MR) is 61.9 cm³/mol. The summed E-state index contributed by atoms with van der Waals surface area (Å²) in [5, 5.41) is 12.4. The highest BCUT2D eigenvalue weighted by atomic mass is 32.1. The molecule has 0 bridgehead atoms. The zero-order valence-electron chi connectivity index (χ0n) is 9.15. The summed E-state index contributed by atoms with van der Waals surface area (Å²) in [7, 11) is 0. The van der Waals surface area contributed by atoms with E-state index >= 15 is 0 Å². The molecule has 1 atom stereocenters. The Morgan fingerprint density at radius 2 is 2.53 bits per heavy atom. The minimum Gasteiger partial charge on any atom is -0.396 e. The van der Waals surface area contributed by atoms with Gasteiger partial charge in [-0.05, 0) is 32.2 Å². The Bertz CT molecular complexity index is 313. The summed E-state index contributed by atoms with van der Waals surface area (Å²) in [5.74, 6) is 0.472. The van der Waals surface area contributed by atoms with Gasteiger partial charge in [-0.1, -0.05) is 0 Å². The Balaban J connectivity index is 1.88. The van der Waals surface area contributed by atoms with Crippen molar-refractivity contribution in [1.29, 1.82) is 0 Å². The molecule has 0 aliphatic carbocycles. The monoisotopic (exact) mass is 226 g/mol. The van der Waals surface area contributed by atoms with E-state index in [1.807, 2.05) is 6.92 Å². The second-order valence-electron chi connectivity index (χ2n) is 4.31. The highest BCUT2D eigenvalue weighted by molar-refractivity contribution is 7.09. The molecule has 2 heterocycles. The third-order valence-corrected chi connectivity index (χ3v) is 3.84. The first-order valence-corrected chi connectivity index (χ1v) is 6.40. The van der Waals surface area contributed by atoms with Gasteiger partial charge in [-0.25, -0.2) is 4.98 Å². The summed E-state index contributed by atoms with van der Waals surface area (Å²) in [6, 6.07) is 0. The van der Waals surface area contributed by atoms with E-state index in [9.17, 15) is 0 Å². The molecule has 1 aromatic rings. The molecule has 1 fully saturated rings. The van der Waals surface area contributed by atoms with Crippen molar-refractivity contribution in [1.82, 2.24) is 9.88 Å². The summed E-state index contributed by atoms with van der Waals surface area (Å²) < 4.78 is 0. The highest BCUT2D eigenvalue weighted by Gasteiger charge is 2.19. The summed E-state index contributed by atoms with van der Waals surface area (Å²) in [4.78, 5) is 6.88. The van der Waals surface area contributed by atoms with Crippen LogP contribution < -0.4 is 0 Å². The van der Waals surface area contributed by atoms with Gasteiger partial charge in [0.2, 0.25) is 0 Å². The molecule has 0 aromatic carbocycles. The highest BCUT2D eigenvalue weighted by Crippen LogP contribution is 2.19. The van der Waals surface area contributed by atoms with Crippen molar-refractivity contribution in [2.24, 2.45) is 5.92 Å². The minimum absolute atomic E-state index is 0.327. The summed E-state index contributed by atoms with van der Waals surface area (Å²) >= 11 is 1.74. The van der Waals surface area contributed by atoms with Gasteiger partial charge in [-0.15, -0.1) is 11.3 Å². The van der Waals surface area contributed by atoms with Crippen LogP contribution in [0.4, 0.5) is 0 Å². The van der Waals surface area contributed by atoms with Gasteiger partial charge in [-0.2, -0.15) is 0 Å². The number of hydrogen-bond acceptors (Lipinski definition) is 4. The summed E-state index contributed by atoms with van der Waals surface area (Å²) in [6.07, 6.45) is 2.37. The first kappa shape index (κ1) is 11.0. The maximum absolute atomic E-state index is 9.14. The lowest BCUT2D eigenvalue weighted by molar-refractivity contribution is 0.116. The van der Waals surface area contributed by atoms with Crippen LogP contribution in [0.3, 0.4) is 0 Å². The van der Waals surface area contributed by atoms with Crippen LogP contribution in [0.15, 0.2) is 5.38 Å². The van der Waals surface area contributed by atoms with Gasteiger partial charge in [0.25, 0.3) is 0 Å². The lowest BCUT2D eigenvalue weighted by atomic mass is 9.99. The molecule has 1 aliphatic heterocycles. The van der Waals surface area contributed by atoms with Crippen LogP contribution >= 0.6 is 11.3 Å². The smallest absolute Gasteiger partial charge is 0.107 e. The number of likely N-dealkylation sites (tertiary alicyclic amines) is 1. The molecule has 2 rings (SSSR count). The number of aliphatic hydroxyl groups excluding tert-OH is 1. The Morgan fingerprint density at radius 1 is 1.67 bits per heavy atom. The number of hydrogen-bond donors (Lipinski definition) is 1. The number of piperidine rings is 1. The Kier molecular flexibility index (Phi) is 3.72. The van der Waals surface area contributed by atoms with Crippen molar-refractivity contribution in [3.8, 4) is 0 Å². The van der Waals surface area contributed by atoms with E-state index in [1.165, 1.54) is 17.8 Å². The number of nitrogens with zero attached hydrogens (tertiary/aromatic N) is 2. The lowest BCUT2D eigenvalue weighted by Crippen LogP contribution is -2.36. The SMILES string of the molecule is Cc1csc(CN2CCCC(CO)C2)n1. The van der Waals surface area contributed by atoms with Crippen LogP contribution in [0, 0.1) is 12.8 Å². The third-order valence-electron chi connectivity index (χ3n) is 2.89. The molecule has 1 aliphatic rings. The van der Waals surface area contributed by atoms with E-state index in [2.05, 4.69) is 15.3 Å². The van der Waals surface area contributed by atoms with Gasteiger partial charge in [0.15, 0.2) is 0 Å². The second kappa shape index (κ2) is 5.05. The normalized spacial score (nSPS) is 23.2. The zero-order chi connectivity index (χ0) is 10.7. The van der Waals surface area contributed by atoms with Gasteiger partial charge in [-0.3, -0.25) is 4.90 Å². The molecule has 84 valence electrons. The van der Waals surface area contributed by atoms with E-state index in [0.29, 0.717) is 12.5 Å². The molecule has 4 heteroatoms. The number of aromatic nitrogens is 1. The van der Waals surface area contributed by atoms with Crippen molar-refractivity contribution >= 4 is 11.3 Å². The summed E-state index contributed by atoms with van der Waals surface area (Å²) in [5.41, 5.74) is 1.12. The lowest BCUT2D eigenvalue weighted by Gasteiger charge is -2.30. The largest absolute Gasteiger partial charge is 0.396 e. The van der Waals surface area contributed by atoms with Crippen molar-refractivity contribution in [2.75, 3.05) is 19.7 Å². The number of aliphatic hydroxyl groups is 1. The fourth-order valence-electron chi connectivity index (χ4n) is 2.11. The Hall–Kier alpha value is -0.450. The van der Waals surface area contributed by atoms with E-state index < -0.39 is 0 Å². The fourth-order valence-corrected chi connectivity index (χ4v) is 2.92. The molecule has 15 heavy (non-hydrogen) atoms. The second-order valence-corrected chi connectivity index (χ2v) is 5.25. The minimum atomic E-state index is 0.327. The van der Waals surface area contributed by atoms with Crippen LogP contribution in [-0.4, -0.2) is 34.7 Å². The zero-order valence-corrected chi connectivity index (χ0v) is 9.96. The number of aryl methyl sites for hydroxylation is 1. The molecule has 0 amide bonds. The van der Waals surface area contributed by atoms with Crippen molar-refractivity contribution in [3.05, 3.63) is 16.1 Å². The topological polar surface area (TPSA) is 36.4 Å². The van der Waals surface area contributed by atoms with Gasteiger partial charge in [0, 0.05) is 24.2 Å². The van der Waals surface area contributed by atoms with E-state index in [0.717, 1.165) is 25.3 Å². The number of thiazole rings is 1. The maximum Gasteiger partial charge on any atom is 0.107 e. The summed E-state index contributed by atoms with van der Waals surface area (Å²) in [6.45, 7) is 5.49. The third kappa shape index (κ3) is 3.00. The molecule has 0 saturated carbocycles. The van der Waals surface area contributed by atoms with Crippen LogP contribution in [-0.2, 0) is 6.54 Å². The van der Waals surface area contributed by atoms with Crippen LogP contribution in [0.2, 0.25) is 0 Å². The van der Waals surface area contributed by atoms with E-state index in [1.54, 1.807) is 11.3 Å². The van der Waals surface area contributed by atoms with Crippen molar-refractivity contribution in [2.45, 2.75) is 26.3 Å². The van der Waals surface area contributed by atoms with Gasteiger partial charge in [0.05, 0.1) is 6.54 Å². The molecule has 1 N–H and O–H groups in total. The van der Waals surface area contributed by atoms with Crippen molar-refractivity contribution in [3.63, 3.8) is 0 Å². The molecule has 0 radical (unpaired) electrons. The molecule has 1 saturated heterocycles. The molecule has 0 spiro atoms. The molecular formula is C11H18N2OS. The van der Waals surface area contributed by atoms with Crippen molar-refractivity contribution < 1.29 is 5.11 Å². The Morgan fingerprint density at radius 3 is 3.20 bits per heavy atom. The van der Waals surface area contributed by atoms with Gasteiger partial charge in [0.1, 0.15) is 5.01 Å². The van der Waals surface area contributed by atoms with Crippen LogP contribution in [0.5, 0.6) is 0 Å². The standard InChI is InChI=1S/C11H18N2OS/c1-9-8-15-11(12-9)6-13-4-2-3-10(5-13)7-14/h8,10,14H,2-7H2,1H3. The predicted octanol–water partition coefficient (Wildman–Crippen LogP) is 1.66. The quantitative estimate of drug-likeness (QED) is 0.851. The Labute approximate surface area is 94.8 Å². The van der Waals surface area contributed by atoms with Gasteiger partial charge >= 0.3 is 0 Å². The first-order chi connectivity index (χ1) is 7.28. The molecule has 3 nitrogen and oxygen atoms in total. The van der Waals surface area contributed by atoms with E-state index in [4.69, 9.17) is 5.11 Å². The average molecular weight is 226 g/mol. The average Bonchev–Trinajstić information content (AvgIpc) is 2.64. The van der Waals surface area contributed by atoms with Crippen LogP contribution in [0.25, 0.3) is 0 Å². The number of rotatable bonds is 3. The maximum atomic E-state index is 9.14. The van der Waals surface area contributed by atoms with Crippen LogP contribution in [0.1, 0.15) is 23.5 Å². The van der Waals surface area contributed by atoms with Gasteiger partial charge < -0.3 is 5.11 Å². The van der Waals surface area contributed by atoms with E-state index in [-0.39, 0.29) is 0 Å². The fraction of sp³-hybridized carbons (Fsp3) is 0.727. The first-order valence-electron chi connectivity index (χ1n) is 5.52. The molecule has 1 unspecified atom stereocenters.